The molecule has 4 heteroatoms. The Morgan fingerprint density at radius 3 is 3.06 bits per heavy atom. The lowest BCUT2D eigenvalue weighted by atomic mass is 10.1. The molecule has 4 nitrogen and oxygen atoms in total. The first kappa shape index (κ1) is 10.7. The molecule has 2 aliphatic heterocycles. The molecular formula is C14H20N4. The van der Waals surface area contributed by atoms with E-state index in [2.05, 4.69) is 20.2 Å². The Labute approximate surface area is 108 Å². The van der Waals surface area contributed by atoms with Crippen molar-refractivity contribution in [3.8, 4) is 0 Å². The van der Waals surface area contributed by atoms with E-state index in [4.69, 9.17) is 0 Å². The Kier molecular flexibility index (Phi) is 2.50. The number of fused-ring (bicyclic) bond motifs is 3. The molecule has 2 bridgehead atoms. The van der Waals surface area contributed by atoms with E-state index in [1.54, 1.807) is 6.33 Å². The molecule has 4 rings (SSSR count). The van der Waals surface area contributed by atoms with Crippen LogP contribution in [0.3, 0.4) is 0 Å². The Balaban J connectivity index is 1.65. The highest BCUT2D eigenvalue weighted by molar-refractivity contribution is 5.50. The minimum Gasteiger partial charge on any atom is -0.355 e. The molecule has 2 fully saturated rings. The predicted octanol–water partition coefficient (Wildman–Crippen LogP) is 1.30. The molecule has 96 valence electrons. The lowest BCUT2D eigenvalue weighted by Crippen LogP contribution is -2.36. The third-order valence-electron chi connectivity index (χ3n) is 4.67. The SMILES string of the molecule is c1nc2c(c(N3CCC4CCC(C3)N4)n1)CCC2. The van der Waals surface area contributed by atoms with Gasteiger partial charge in [0.25, 0.3) is 0 Å². The van der Waals surface area contributed by atoms with Crippen molar-refractivity contribution in [1.29, 1.82) is 0 Å². The van der Waals surface area contributed by atoms with Gasteiger partial charge in [-0.2, -0.15) is 0 Å². The summed E-state index contributed by atoms with van der Waals surface area (Å²) in [5.74, 6) is 1.23. The number of aryl methyl sites for hydroxylation is 1. The average Bonchev–Trinajstić information content (AvgIpc) is 2.95. The average molecular weight is 244 g/mol. The van der Waals surface area contributed by atoms with Gasteiger partial charge in [-0.05, 0) is 38.5 Å². The van der Waals surface area contributed by atoms with Crippen LogP contribution in [0.15, 0.2) is 6.33 Å². The number of hydrogen-bond acceptors (Lipinski definition) is 4. The smallest absolute Gasteiger partial charge is 0.135 e. The zero-order valence-electron chi connectivity index (χ0n) is 10.7. The van der Waals surface area contributed by atoms with Crippen LogP contribution in [0.1, 0.15) is 36.9 Å². The first-order valence-corrected chi connectivity index (χ1v) is 7.24. The topological polar surface area (TPSA) is 41.1 Å². The van der Waals surface area contributed by atoms with E-state index in [0.29, 0.717) is 6.04 Å². The monoisotopic (exact) mass is 244 g/mol. The van der Waals surface area contributed by atoms with E-state index in [-0.39, 0.29) is 0 Å². The minimum atomic E-state index is 0.671. The van der Waals surface area contributed by atoms with Crippen molar-refractivity contribution in [3.63, 3.8) is 0 Å². The number of anilines is 1. The Morgan fingerprint density at radius 1 is 1.11 bits per heavy atom. The summed E-state index contributed by atoms with van der Waals surface area (Å²) in [7, 11) is 0. The van der Waals surface area contributed by atoms with Crippen LogP contribution in [0.2, 0.25) is 0 Å². The fourth-order valence-corrected chi connectivity index (χ4v) is 3.75. The molecule has 18 heavy (non-hydrogen) atoms. The molecular weight excluding hydrogens is 224 g/mol. The van der Waals surface area contributed by atoms with E-state index >= 15 is 0 Å². The van der Waals surface area contributed by atoms with Crippen LogP contribution in [0.25, 0.3) is 0 Å². The molecule has 0 saturated carbocycles. The Morgan fingerprint density at radius 2 is 2.06 bits per heavy atom. The summed E-state index contributed by atoms with van der Waals surface area (Å²) < 4.78 is 0. The highest BCUT2D eigenvalue weighted by atomic mass is 15.2. The maximum atomic E-state index is 4.59. The van der Waals surface area contributed by atoms with Gasteiger partial charge in [-0.3, -0.25) is 0 Å². The summed E-state index contributed by atoms with van der Waals surface area (Å²) in [6.45, 7) is 2.28. The van der Waals surface area contributed by atoms with Crippen LogP contribution in [-0.2, 0) is 12.8 Å². The maximum absolute atomic E-state index is 4.59. The van der Waals surface area contributed by atoms with Crippen molar-refractivity contribution in [1.82, 2.24) is 15.3 Å². The van der Waals surface area contributed by atoms with Gasteiger partial charge in [-0.1, -0.05) is 0 Å². The van der Waals surface area contributed by atoms with Gasteiger partial charge < -0.3 is 10.2 Å². The van der Waals surface area contributed by atoms with E-state index in [0.717, 1.165) is 25.6 Å². The zero-order chi connectivity index (χ0) is 11.9. The highest BCUT2D eigenvalue weighted by Gasteiger charge is 2.31. The Bertz CT molecular complexity index is 459. The minimum absolute atomic E-state index is 0.671. The fraction of sp³-hybridized carbons (Fsp3) is 0.714. The van der Waals surface area contributed by atoms with Crippen molar-refractivity contribution in [2.45, 2.75) is 50.6 Å². The maximum Gasteiger partial charge on any atom is 0.135 e. The van der Waals surface area contributed by atoms with Crippen LogP contribution in [0, 0.1) is 0 Å². The summed E-state index contributed by atoms with van der Waals surface area (Å²) in [5.41, 5.74) is 2.72. The van der Waals surface area contributed by atoms with Gasteiger partial charge in [0.2, 0.25) is 0 Å². The summed E-state index contributed by atoms with van der Waals surface area (Å²) in [6.07, 6.45) is 9.27. The van der Waals surface area contributed by atoms with Crippen molar-refractivity contribution in [3.05, 3.63) is 17.6 Å². The number of nitrogens with zero attached hydrogens (tertiary/aromatic N) is 3. The van der Waals surface area contributed by atoms with Gasteiger partial charge in [-0.15, -0.1) is 0 Å². The first-order valence-electron chi connectivity index (χ1n) is 7.24. The molecule has 0 amide bonds. The molecule has 0 spiro atoms. The molecule has 1 aromatic rings. The molecule has 1 N–H and O–H groups in total. The molecule has 2 atom stereocenters. The van der Waals surface area contributed by atoms with Gasteiger partial charge in [-0.25, -0.2) is 9.97 Å². The van der Waals surface area contributed by atoms with Crippen molar-refractivity contribution < 1.29 is 0 Å². The van der Waals surface area contributed by atoms with Crippen molar-refractivity contribution in [2.24, 2.45) is 0 Å². The van der Waals surface area contributed by atoms with Gasteiger partial charge in [0.1, 0.15) is 12.1 Å². The molecule has 2 saturated heterocycles. The first-order chi connectivity index (χ1) is 8.90. The number of aromatic nitrogens is 2. The Hall–Kier alpha value is -1.16. The molecule has 1 aliphatic carbocycles. The molecule has 0 radical (unpaired) electrons. The van der Waals surface area contributed by atoms with E-state index in [9.17, 15) is 0 Å². The predicted molar refractivity (Wildman–Crippen MR) is 70.8 cm³/mol. The quantitative estimate of drug-likeness (QED) is 0.808. The third-order valence-corrected chi connectivity index (χ3v) is 4.67. The normalized spacial score (nSPS) is 30.3. The van der Waals surface area contributed by atoms with E-state index in [1.807, 2.05) is 0 Å². The lowest BCUT2D eigenvalue weighted by molar-refractivity contribution is 0.563. The second-order valence-corrected chi connectivity index (χ2v) is 5.85. The van der Waals surface area contributed by atoms with Crippen LogP contribution >= 0.6 is 0 Å². The zero-order valence-corrected chi connectivity index (χ0v) is 10.7. The van der Waals surface area contributed by atoms with Crippen LogP contribution in [0.5, 0.6) is 0 Å². The van der Waals surface area contributed by atoms with E-state index < -0.39 is 0 Å². The van der Waals surface area contributed by atoms with E-state index in [1.165, 1.54) is 49.2 Å². The van der Waals surface area contributed by atoms with Crippen molar-refractivity contribution in [2.75, 3.05) is 18.0 Å². The molecule has 1 aromatic heterocycles. The van der Waals surface area contributed by atoms with Gasteiger partial charge in [0.15, 0.2) is 0 Å². The highest BCUT2D eigenvalue weighted by Crippen LogP contribution is 2.30. The number of nitrogens with one attached hydrogen (secondary N) is 1. The van der Waals surface area contributed by atoms with Gasteiger partial charge in [0, 0.05) is 36.4 Å². The second kappa shape index (κ2) is 4.19. The third kappa shape index (κ3) is 1.70. The summed E-state index contributed by atoms with van der Waals surface area (Å²) >= 11 is 0. The fourth-order valence-electron chi connectivity index (χ4n) is 3.75. The lowest BCUT2D eigenvalue weighted by Gasteiger charge is -2.26. The number of rotatable bonds is 1. The summed E-state index contributed by atoms with van der Waals surface area (Å²) in [6, 6.07) is 1.42. The van der Waals surface area contributed by atoms with Gasteiger partial charge in [0.05, 0.1) is 0 Å². The van der Waals surface area contributed by atoms with Crippen molar-refractivity contribution >= 4 is 5.82 Å². The van der Waals surface area contributed by atoms with Crippen LogP contribution < -0.4 is 10.2 Å². The van der Waals surface area contributed by atoms with Gasteiger partial charge >= 0.3 is 0 Å². The standard InChI is InChI=1S/C14H20N4/c1-2-12-13(3-1)15-9-16-14(12)18-7-6-10-4-5-11(8-18)17-10/h9-11,17H,1-8H2. The van der Waals surface area contributed by atoms with Crippen LogP contribution in [-0.4, -0.2) is 35.1 Å². The van der Waals surface area contributed by atoms with Crippen LogP contribution in [0.4, 0.5) is 5.82 Å². The molecule has 3 aliphatic rings. The molecule has 0 aromatic carbocycles. The largest absolute Gasteiger partial charge is 0.355 e. The second-order valence-electron chi connectivity index (χ2n) is 5.85. The summed E-state index contributed by atoms with van der Waals surface area (Å²) in [4.78, 5) is 11.5. The number of hydrogen-bond donors (Lipinski definition) is 1. The summed E-state index contributed by atoms with van der Waals surface area (Å²) in [5, 5.41) is 3.74. The molecule has 3 heterocycles. The molecule has 2 unspecified atom stereocenters.